The Labute approximate surface area is 63.8 Å². The normalized spacial score (nSPS) is 11.4. The molecule has 0 heterocycles. The zero-order valence-electron chi connectivity index (χ0n) is 6.19. The maximum atomic E-state index is 9.96. The van der Waals surface area contributed by atoms with Gasteiger partial charge in [-0.05, 0) is 11.4 Å². The van der Waals surface area contributed by atoms with Crippen LogP contribution in [-0.4, -0.2) is 24.3 Å². The highest BCUT2D eigenvalue weighted by Crippen LogP contribution is 1.92. The topological polar surface area (TPSA) is 98.1 Å². The molecule has 62 valence electrons. The van der Waals surface area contributed by atoms with Gasteiger partial charge >= 0.3 is 6.09 Å². The van der Waals surface area contributed by atoms with Gasteiger partial charge in [0, 0.05) is 18.0 Å². The van der Waals surface area contributed by atoms with Crippen molar-refractivity contribution in [3.05, 3.63) is 10.4 Å². The van der Waals surface area contributed by atoms with Crippen LogP contribution in [0.15, 0.2) is 5.11 Å². The molecule has 1 amide bonds. The fourth-order valence-corrected chi connectivity index (χ4v) is 0.502. The maximum absolute atomic E-state index is 9.96. The average molecular weight is 158 g/mol. The summed E-state index contributed by atoms with van der Waals surface area (Å²) < 4.78 is 0. The number of carbonyl (C=O) groups is 1. The highest BCUT2D eigenvalue weighted by molar-refractivity contribution is 5.64. The molecular formula is C5H10N4O2. The monoisotopic (exact) mass is 158 g/mol. The lowest BCUT2D eigenvalue weighted by molar-refractivity contribution is 0.193. The van der Waals surface area contributed by atoms with Gasteiger partial charge in [-0.25, -0.2) is 4.79 Å². The van der Waals surface area contributed by atoms with Gasteiger partial charge < -0.3 is 10.4 Å². The molecule has 0 aliphatic rings. The smallest absolute Gasteiger partial charge is 0.404 e. The van der Waals surface area contributed by atoms with Crippen molar-refractivity contribution in [2.45, 2.75) is 6.92 Å². The highest BCUT2D eigenvalue weighted by Gasteiger charge is 2.01. The quantitative estimate of drug-likeness (QED) is 0.365. The number of azide groups is 1. The van der Waals surface area contributed by atoms with Crippen molar-refractivity contribution < 1.29 is 9.90 Å². The van der Waals surface area contributed by atoms with Crippen LogP contribution in [0.25, 0.3) is 10.4 Å². The lowest BCUT2D eigenvalue weighted by Gasteiger charge is -2.05. The summed E-state index contributed by atoms with van der Waals surface area (Å²) in [5, 5.41) is 13.7. The number of rotatable bonds is 4. The van der Waals surface area contributed by atoms with Gasteiger partial charge in [0.15, 0.2) is 0 Å². The Balaban J connectivity index is 3.44. The second-order valence-electron chi connectivity index (χ2n) is 2.20. The van der Waals surface area contributed by atoms with E-state index in [1.807, 2.05) is 0 Å². The Kier molecular flexibility index (Phi) is 4.68. The molecule has 0 radical (unpaired) electrons. The van der Waals surface area contributed by atoms with E-state index in [-0.39, 0.29) is 5.92 Å². The van der Waals surface area contributed by atoms with Crippen LogP contribution in [0.5, 0.6) is 0 Å². The van der Waals surface area contributed by atoms with E-state index in [2.05, 4.69) is 15.3 Å². The third-order valence-corrected chi connectivity index (χ3v) is 1.06. The number of nitrogens with zero attached hydrogens (tertiary/aromatic N) is 3. The van der Waals surface area contributed by atoms with Gasteiger partial charge in [0.25, 0.3) is 0 Å². The van der Waals surface area contributed by atoms with Crippen molar-refractivity contribution in [1.29, 1.82) is 0 Å². The van der Waals surface area contributed by atoms with E-state index in [1.165, 1.54) is 0 Å². The lowest BCUT2D eigenvalue weighted by Crippen LogP contribution is -2.27. The largest absolute Gasteiger partial charge is 0.465 e. The molecule has 0 aliphatic heterocycles. The van der Waals surface area contributed by atoms with Crippen LogP contribution >= 0.6 is 0 Å². The van der Waals surface area contributed by atoms with Crippen LogP contribution in [0.1, 0.15) is 6.92 Å². The zero-order valence-corrected chi connectivity index (χ0v) is 6.19. The molecule has 0 aromatic carbocycles. The average Bonchev–Trinajstić information content (AvgIpc) is 1.97. The predicted octanol–water partition coefficient (Wildman–Crippen LogP) is 1.20. The summed E-state index contributed by atoms with van der Waals surface area (Å²) in [4.78, 5) is 12.5. The molecule has 0 aromatic heterocycles. The van der Waals surface area contributed by atoms with Crippen molar-refractivity contribution in [3.8, 4) is 0 Å². The second kappa shape index (κ2) is 5.37. The minimum Gasteiger partial charge on any atom is -0.465 e. The molecule has 0 aliphatic carbocycles. The molecule has 6 heteroatoms. The van der Waals surface area contributed by atoms with Gasteiger partial charge in [0.1, 0.15) is 0 Å². The first-order valence-corrected chi connectivity index (χ1v) is 3.14. The summed E-state index contributed by atoms with van der Waals surface area (Å²) in [7, 11) is 0. The molecule has 1 atom stereocenters. The molecule has 0 aromatic rings. The number of hydrogen-bond donors (Lipinski definition) is 2. The van der Waals surface area contributed by atoms with Crippen LogP contribution in [0.2, 0.25) is 0 Å². The van der Waals surface area contributed by atoms with Gasteiger partial charge in [0.2, 0.25) is 0 Å². The molecule has 2 N–H and O–H groups in total. The van der Waals surface area contributed by atoms with Gasteiger partial charge in [-0.2, -0.15) is 0 Å². The Morgan fingerprint density at radius 2 is 2.55 bits per heavy atom. The van der Waals surface area contributed by atoms with Crippen molar-refractivity contribution in [1.82, 2.24) is 5.32 Å². The van der Waals surface area contributed by atoms with Crippen LogP contribution < -0.4 is 5.32 Å². The number of nitrogens with one attached hydrogen (secondary N) is 1. The number of hydrogen-bond acceptors (Lipinski definition) is 2. The van der Waals surface area contributed by atoms with E-state index >= 15 is 0 Å². The molecule has 11 heavy (non-hydrogen) atoms. The van der Waals surface area contributed by atoms with Gasteiger partial charge in [-0.15, -0.1) is 0 Å². The van der Waals surface area contributed by atoms with Crippen molar-refractivity contribution >= 4 is 6.09 Å². The van der Waals surface area contributed by atoms with E-state index in [9.17, 15) is 4.79 Å². The molecule has 0 spiro atoms. The maximum Gasteiger partial charge on any atom is 0.404 e. The first-order valence-electron chi connectivity index (χ1n) is 3.14. The standard InChI is InChI=1S/C5H10N4O2/c1-4(3-8-9-6)2-7-5(10)11/h4,7H,2-3H2,1H3,(H,10,11). The van der Waals surface area contributed by atoms with Gasteiger partial charge in [-0.1, -0.05) is 12.0 Å². The molecular weight excluding hydrogens is 148 g/mol. The number of amides is 1. The summed E-state index contributed by atoms with van der Waals surface area (Å²) in [6.07, 6.45) is -1.06. The van der Waals surface area contributed by atoms with E-state index < -0.39 is 6.09 Å². The SMILES string of the molecule is CC(CN=[N+]=[N-])CNC(=O)O. The second-order valence-corrected chi connectivity index (χ2v) is 2.20. The molecule has 0 bridgehead atoms. The molecule has 0 saturated carbocycles. The van der Waals surface area contributed by atoms with Gasteiger partial charge in [-0.3, -0.25) is 0 Å². The third-order valence-electron chi connectivity index (χ3n) is 1.06. The molecule has 1 unspecified atom stereocenters. The summed E-state index contributed by atoms with van der Waals surface area (Å²) in [5.41, 5.74) is 7.91. The zero-order chi connectivity index (χ0) is 8.69. The minimum atomic E-state index is -1.06. The van der Waals surface area contributed by atoms with E-state index in [4.69, 9.17) is 10.6 Å². The summed E-state index contributed by atoms with van der Waals surface area (Å²) in [6.45, 7) is 2.43. The molecule has 6 nitrogen and oxygen atoms in total. The van der Waals surface area contributed by atoms with Crippen LogP contribution in [0.4, 0.5) is 4.79 Å². The Bertz CT molecular complexity index is 175. The van der Waals surface area contributed by atoms with E-state index in [0.29, 0.717) is 13.1 Å². The first-order chi connectivity index (χ1) is 5.16. The fraction of sp³-hybridized carbons (Fsp3) is 0.800. The molecule has 0 fully saturated rings. The Hall–Kier alpha value is -1.42. The van der Waals surface area contributed by atoms with E-state index in [1.54, 1.807) is 6.92 Å². The first kappa shape index (κ1) is 9.58. The summed E-state index contributed by atoms with van der Waals surface area (Å²) in [6, 6.07) is 0. The Morgan fingerprint density at radius 1 is 1.91 bits per heavy atom. The van der Waals surface area contributed by atoms with Crippen LogP contribution in [-0.2, 0) is 0 Å². The Morgan fingerprint density at radius 3 is 3.00 bits per heavy atom. The van der Waals surface area contributed by atoms with Crippen molar-refractivity contribution in [2.75, 3.05) is 13.1 Å². The van der Waals surface area contributed by atoms with E-state index in [0.717, 1.165) is 0 Å². The van der Waals surface area contributed by atoms with Crippen molar-refractivity contribution in [2.24, 2.45) is 11.0 Å². The molecule has 0 rings (SSSR count). The number of carboxylic acid groups (broad SMARTS) is 1. The highest BCUT2D eigenvalue weighted by atomic mass is 16.4. The summed E-state index contributed by atoms with van der Waals surface area (Å²) in [5.74, 6) is 0.0435. The predicted molar refractivity (Wildman–Crippen MR) is 39.2 cm³/mol. The fourth-order valence-electron chi connectivity index (χ4n) is 0.502. The molecule has 0 saturated heterocycles. The third kappa shape index (κ3) is 6.47. The summed E-state index contributed by atoms with van der Waals surface area (Å²) >= 11 is 0. The van der Waals surface area contributed by atoms with Crippen LogP contribution in [0, 0.1) is 5.92 Å². The van der Waals surface area contributed by atoms with Gasteiger partial charge in [0.05, 0.1) is 0 Å². The van der Waals surface area contributed by atoms with Crippen LogP contribution in [0.3, 0.4) is 0 Å². The van der Waals surface area contributed by atoms with Crippen molar-refractivity contribution in [3.63, 3.8) is 0 Å². The minimum absolute atomic E-state index is 0.0435. The lowest BCUT2D eigenvalue weighted by atomic mass is 10.2.